The van der Waals surface area contributed by atoms with Crippen LogP contribution in [0.2, 0.25) is 0 Å². The smallest absolute Gasteiger partial charge is 0.338 e. The zero-order valence-electron chi connectivity index (χ0n) is 26.2. The molecule has 0 unspecified atom stereocenters. The van der Waals surface area contributed by atoms with Gasteiger partial charge in [-0.25, -0.2) is 9.78 Å². The molecule has 10 nitrogen and oxygen atoms in total. The van der Waals surface area contributed by atoms with Gasteiger partial charge in [0.2, 0.25) is 0 Å². The van der Waals surface area contributed by atoms with E-state index in [4.69, 9.17) is 9.97 Å². The van der Waals surface area contributed by atoms with Gasteiger partial charge in [-0.1, -0.05) is 26.5 Å². The van der Waals surface area contributed by atoms with Crippen LogP contribution in [0.25, 0.3) is 39.3 Å². The quantitative estimate of drug-likeness (QED) is 0.170. The van der Waals surface area contributed by atoms with Crippen molar-refractivity contribution < 1.29 is 49.2 Å². The summed E-state index contributed by atoms with van der Waals surface area (Å²) in [5, 5.41) is 29.9. The summed E-state index contributed by atoms with van der Waals surface area (Å²) in [5.74, 6) is -4.13. The van der Waals surface area contributed by atoms with Gasteiger partial charge in [-0.3, -0.25) is 14.6 Å². The predicted octanol–water partition coefficient (Wildman–Crippen LogP) is 6.53. The summed E-state index contributed by atoms with van der Waals surface area (Å²) < 4.78 is 0. The predicted molar refractivity (Wildman–Crippen MR) is 169 cm³/mol. The topological polar surface area (TPSA) is 169 Å². The SMILES string of the molecule is C=Cc1c(C)c2cc3nc(c(CC(=O)O)c4nc(cc5[nH]c(cc1[nH]2)c(C)c5CC)C(C)=C4C(=O)O)[C@@H](CCC(=O)O)[C@@H]3C.[Zn]. The molecule has 0 saturated carbocycles. The average molecular weight is 662 g/mol. The molecule has 0 amide bonds. The number of carboxylic acid groups (broad SMARTS) is 3. The number of rotatable bonds is 8. The molecule has 0 fully saturated rings. The van der Waals surface area contributed by atoms with E-state index in [1.807, 2.05) is 45.9 Å². The van der Waals surface area contributed by atoms with Gasteiger partial charge in [-0.05, 0) is 74.1 Å². The number of aliphatic carboxylic acids is 3. The van der Waals surface area contributed by atoms with Gasteiger partial charge in [0, 0.05) is 76.6 Å². The van der Waals surface area contributed by atoms with E-state index in [1.165, 1.54) is 0 Å². The normalized spacial score (nSPS) is 15.9. The summed E-state index contributed by atoms with van der Waals surface area (Å²) in [6, 6.07) is 5.75. The van der Waals surface area contributed by atoms with Crippen molar-refractivity contribution in [1.29, 1.82) is 0 Å². The Balaban J connectivity index is 0.00000461. The van der Waals surface area contributed by atoms with Gasteiger partial charge in [0.1, 0.15) is 0 Å². The average Bonchev–Trinajstić information content (AvgIpc) is 3.63. The Hall–Kier alpha value is -4.37. The molecule has 5 heterocycles. The monoisotopic (exact) mass is 660 g/mol. The Bertz CT molecular complexity index is 1950. The Kier molecular flexibility index (Phi) is 9.63. The fraction of sp³-hybridized carbons (Fsp3) is 0.324. The number of aromatic nitrogens is 4. The minimum Gasteiger partial charge on any atom is -0.481 e. The summed E-state index contributed by atoms with van der Waals surface area (Å²) in [5.41, 5.74) is 9.23. The molecular formula is C34H36N4O6Zn. The summed E-state index contributed by atoms with van der Waals surface area (Å²) in [4.78, 5) is 53.2. The first kappa shape index (κ1) is 33.5. The molecule has 0 saturated heterocycles. The number of fused-ring (bicyclic) bond motifs is 8. The van der Waals surface area contributed by atoms with Crippen LogP contribution in [0.3, 0.4) is 0 Å². The molecule has 11 heteroatoms. The minimum atomic E-state index is -1.23. The second kappa shape index (κ2) is 12.9. The molecule has 45 heavy (non-hydrogen) atoms. The van der Waals surface area contributed by atoms with Crippen molar-refractivity contribution in [3.8, 4) is 0 Å². The molecule has 3 aromatic heterocycles. The number of nitrogens with one attached hydrogen (secondary N) is 2. The Labute approximate surface area is 273 Å². The molecule has 5 rings (SSSR count). The van der Waals surface area contributed by atoms with Crippen LogP contribution >= 0.6 is 0 Å². The standard InChI is InChI=1S/C34H36N4O6.Zn/c1-7-19-15(3)23-12-25-17(5)21(9-10-29(39)40)32(37-25)22(11-30(41)42)33-31(34(43)44)18(6)26(38-33)14-28-20(8-2)16(4)24(36-28)13-27(19)35-23;/h7,12-14,17,21,35-36H,1,8-11H2,2-6H3,(H,39,40)(H,41,42)(H,43,44);/t17-,21-;/m0./s1. The first-order valence-corrected chi connectivity index (χ1v) is 14.6. The van der Waals surface area contributed by atoms with Crippen molar-refractivity contribution >= 4 is 57.2 Å². The van der Waals surface area contributed by atoms with E-state index in [1.54, 1.807) is 13.0 Å². The van der Waals surface area contributed by atoms with Crippen molar-refractivity contribution in [2.24, 2.45) is 0 Å². The Morgan fingerprint density at radius 1 is 0.911 bits per heavy atom. The zero-order valence-corrected chi connectivity index (χ0v) is 29.1. The van der Waals surface area contributed by atoms with Crippen LogP contribution < -0.4 is 0 Å². The molecule has 5 N–H and O–H groups in total. The molecule has 8 bridgehead atoms. The van der Waals surface area contributed by atoms with Crippen LogP contribution in [-0.2, 0) is 46.7 Å². The van der Waals surface area contributed by atoms with Gasteiger partial charge in [-0.2, -0.15) is 0 Å². The van der Waals surface area contributed by atoms with Crippen LogP contribution in [-0.4, -0.2) is 53.2 Å². The third-order valence-corrected chi connectivity index (χ3v) is 8.94. The molecule has 0 radical (unpaired) electrons. The van der Waals surface area contributed by atoms with Gasteiger partial charge in [0.05, 0.1) is 29.1 Å². The maximum Gasteiger partial charge on any atom is 0.338 e. The summed E-state index contributed by atoms with van der Waals surface area (Å²) in [6.45, 7) is 13.7. The molecule has 3 aromatic rings. The van der Waals surface area contributed by atoms with E-state index in [9.17, 15) is 29.7 Å². The number of aryl methyl sites for hydroxylation is 3. The first-order chi connectivity index (χ1) is 20.9. The Morgan fingerprint density at radius 2 is 1.58 bits per heavy atom. The maximum atomic E-state index is 12.7. The van der Waals surface area contributed by atoms with E-state index < -0.39 is 30.2 Å². The zero-order chi connectivity index (χ0) is 32.0. The van der Waals surface area contributed by atoms with Gasteiger partial charge in [-0.15, -0.1) is 0 Å². The number of carbonyl (C=O) groups is 3. The number of aromatic amines is 2. The number of hydrogen-bond acceptors (Lipinski definition) is 5. The van der Waals surface area contributed by atoms with Gasteiger partial charge in [0.25, 0.3) is 0 Å². The minimum absolute atomic E-state index is 0. The van der Waals surface area contributed by atoms with E-state index in [0.717, 1.165) is 44.3 Å². The second-order valence-electron chi connectivity index (χ2n) is 11.5. The van der Waals surface area contributed by atoms with Crippen molar-refractivity contribution in [3.63, 3.8) is 0 Å². The van der Waals surface area contributed by atoms with E-state index in [0.29, 0.717) is 29.1 Å². The van der Waals surface area contributed by atoms with Crippen molar-refractivity contribution in [1.82, 2.24) is 19.9 Å². The molecule has 2 aliphatic rings. The van der Waals surface area contributed by atoms with Crippen LogP contribution in [0, 0.1) is 13.8 Å². The van der Waals surface area contributed by atoms with Crippen molar-refractivity contribution in [3.05, 3.63) is 75.4 Å². The fourth-order valence-electron chi connectivity index (χ4n) is 6.53. The van der Waals surface area contributed by atoms with Crippen molar-refractivity contribution in [2.45, 2.75) is 72.1 Å². The third-order valence-electron chi connectivity index (χ3n) is 8.94. The largest absolute Gasteiger partial charge is 0.481 e. The maximum absolute atomic E-state index is 12.7. The second-order valence-corrected chi connectivity index (χ2v) is 11.5. The van der Waals surface area contributed by atoms with Gasteiger partial charge in [0.15, 0.2) is 0 Å². The molecule has 0 aliphatic carbocycles. The number of allylic oxidation sites excluding steroid dienone is 1. The first-order valence-electron chi connectivity index (χ1n) is 14.6. The van der Waals surface area contributed by atoms with Crippen LogP contribution in [0.15, 0.2) is 24.8 Å². The molecule has 2 atom stereocenters. The van der Waals surface area contributed by atoms with Gasteiger partial charge < -0.3 is 25.3 Å². The summed E-state index contributed by atoms with van der Waals surface area (Å²) in [7, 11) is 0. The Morgan fingerprint density at radius 3 is 2.18 bits per heavy atom. The van der Waals surface area contributed by atoms with Crippen LogP contribution in [0.5, 0.6) is 0 Å². The molecular weight excluding hydrogens is 626 g/mol. The molecule has 2 aliphatic heterocycles. The number of nitrogens with zero attached hydrogens (tertiary/aromatic N) is 2. The number of hydrogen-bond donors (Lipinski definition) is 5. The fourth-order valence-corrected chi connectivity index (χ4v) is 6.53. The van der Waals surface area contributed by atoms with Gasteiger partial charge >= 0.3 is 17.9 Å². The summed E-state index contributed by atoms with van der Waals surface area (Å²) in [6.07, 6.45) is 2.03. The molecule has 0 spiro atoms. The van der Waals surface area contributed by atoms with E-state index >= 15 is 0 Å². The third kappa shape index (κ3) is 6.01. The number of H-pyrrole nitrogens is 2. The number of carboxylic acids is 3. The van der Waals surface area contributed by atoms with E-state index in [-0.39, 0.29) is 55.1 Å². The van der Waals surface area contributed by atoms with Crippen LogP contribution in [0.1, 0.15) is 96.0 Å². The van der Waals surface area contributed by atoms with Crippen LogP contribution in [0.4, 0.5) is 0 Å². The molecule has 230 valence electrons. The van der Waals surface area contributed by atoms with Crippen molar-refractivity contribution in [2.75, 3.05) is 0 Å². The summed E-state index contributed by atoms with van der Waals surface area (Å²) >= 11 is 0. The van der Waals surface area contributed by atoms with E-state index in [2.05, 4.69) is 16.5 Å². The molecule has 0 aromatic carbocycles.